The maximum absolute atomic E-state index is 13.6. The molecule has 0 saturated carbocycles. The molecule has 0 aliphatic carbocycles. The predicted octanol–water partition coefficient (Wildman–Crippen LogP) is 3.85. The molecule has 1 aliphatic heterocycles. The van der Waals surface area contributed by atoms with E-state index in [1.807, 2.05) is 0 Å². The van der Waals surface area contributed by atoms with Gasteiger partial charge in [-0.25, -0.2) is 4.98 Å². The van der Waals surface area contributed by atoms with Crippen LogP contribution in [0.25, 0.3) is 0 Å². The molecular weight excluding hydrogens is 417 g/mol. The summed E-state index contributed by atoms with van der Waals surface area (Å²) in [6, 6.07) is 6.83. The predicted molar refractivity (Wildman–Crippen MR) is 98.1 cm³/mol. The Morgan fingerprint density at radius 2 is 2.07 bits per heavy atom. The zero-order valence-corrected chi connectivity index (χ0v) is 16.4. The first-order chi connectivity index (χ1) is 13.1. The van der Waals surface area contributed by atoms with Gasteiger partial charge in [-0.05, 0) is 24.6 Å². The number of aromatic nitrogens is 1. The fourth-order valence-corrected chi connectivity index (χ4v) is 3.97. The molecule has 1 aromatic heterocycles. The zero-order valence-electron chi connectivity index (χ0n) is 14.9. The van der Waals surface area contributed by atoms with Gasteiger partial charge in [-0.15, -0.1) is 11.3 Å². The Morgan fingerprint density at radius 1 is 1.39 bits per heavy atom. The van der Waals surface area contributed by atoms with Crippen molar-refractivity contribution in [1.29, 1.82) is 0 Å². The number of rotatable bonds is 4. The SMILES string of the molecule is Cc1csc(C(O)(CC(=O)N2CCOC(c3ccc(Cl)cc3)C2)C(F)(F)F)n1. The lowest BCUT2D eigenvalue weighted by molar-refractivity contribution is -0.268. The van der Waals surface area contributed by atoms with Gasteiger partial charge in [-0.3, -0.25) is 4.79 Å². The molecule has 0 spiro atoms. The zero-order chi connectivity index (χ0) is 20.5. The molecule has 2 heterocycles. The number of hydrogen-bond donors (Lipinski definition) is 1. The monoisotopic (exact) mass is 434 g/mol. The number of benzene rings is 1. The van der Waals surface area contributed by atoms with Gasteiger partial charge in [0.25, 0.3) is 0 Å². The third-order valence-corrected chi connectivity index (χ3v) is 5.87. The lowest BCUT2D eigenvalue weighted by atomic mass is 9.98. The minimum atomic E-state index is -5.03. The molecule has 0 bridgehead atoms. The Kier molecular flexibility index (Phi) is 6.00. The Hall–Kier alpha value is -1.68. The average molecular weight is 435 g/mol. The van der Waals surface area contributed by atoms with E-state index in [0.717, 1.165) is 5.56 Å². The standard InChI is InChI=1S/C18H18ClF3N2O3S/c1-11-10-28-16(23-11)17(26,18(20,21)22)8-15(25)24-6-7-27-14(9-24)12-2-4-13(19)5-3-12/h2-5,10,14,26H,6-9H2,1H3. The van der Waals surface area contributed by atoms with E-state index in [1.165, 1.54) is 17.2 Å². The van der Waals surface area contributed by atoms with E-state index in [1.54, 1.807) is 24.3 Å². The van der Waals surface area contributed by atoms with Crippen LogP contribution in [0.15, 0.2) is 29.6 Å². The van der Waals surface area contributed by atoms with Crippen LogP contribution < -0.4 is 0 Å². The fraction of sp³-hybridized carbons (Fsp3) is 0.444. The Morgan fingerprint density at radius 3 is 2.64 bits per heavy atom. The minimum absolute atomic E-state index is 0.0886. The number of ether oxygens (including phenoxy) is 1. The van der Waals surface area contributed by atoms with E-state index in [4.69, 9.17) is 16.3 Å². The summed E-state index contributed by atoms with van der Waals surface area (Å²) in [4.78, 5) is 17.7. The number of amides is 1. The lowest BCUT2D eigenvalue weighted by Crippen LogP contribution is -2.49. The molecule has 1 N–H and O–H groups in total. The van der Waals surface area contributed by atoms with Crippen LogP contribution in [-0.4, -0.2) is 46.8 Å². The highest BCUT2D eigenvalue weighted by Gasteiger charge is 2.58. The van der Waals surface area contributed by atoms with Crippen LogP contribution in [0.5, 0.6) is 0 Å². The Labute approximate surface area is 168 Å². The molecule has 3 rings (SSSR count). The van der Waals surface area contributed by atoms with Crippen LogP contribution in [0, 0.1) is 6.92 Å². The Balaban J connectivity index is 1.77. The molecule has 152 valence electrons. The first-order valence-electron chi connectivity index (χ1n) is 8.47. The summed E-state index contributed by atoms with van der Waals surface area (Å²) in [6.07, 6.45) is -6.64. The molecule has 28 heavy (non-hydrogen) atoms. The topological polar surface area (TPSA) is 62.7 Å². The molecule has 1 amide bonds. The number of carbonyl (C=O) groups is 1. The van der Waals surface area contributed by atoms with Crippen molar-refractivity contribution in [2.45, 2.75) is 31.2 Å². The molecule has 1 aliphatic rings. The summed E-state index contributed by atoms with van der Waals surface area (Å²) >= 11 is 6.54. The van der Waals surface area contributed by atoms with Gasteiger partial charge in [0.2, 0.25) is 11.5 Å². The number of nitrogens with zero attached hydrogens (tertiary/aromatic N) is 2. The summed E-state index contributed by atoms with van der Waals surface area (Å²) in [6.45, 7) is 1.94. The maximum atomic E-state index is 13.6. The van der Waals surface area contributed by atoms with Crippen LogP contribution in [0.1, 0.15) is 28.8 Å². The van der Waals surface area contributed by atoms with Crippen molar-refractivity contribution in [3.63, 3.8) is 0 Å². The van der Waals surface area contributed by atoms with Crippen LogP contribution in [-0.2, 0) is 15.1 Å². The number of alkyl halides is 3. The minimum Gasteiger partial charge on any atom is -0.374 e. The quantitative estimate of drug-likeness (QED) is 0.794. The van der Waals surface area contributed by atoms with Crippen LogP contribution in [0.3, 0.4) is 0 Å². The highest BCUT2D eigenvalue weighted by molar-refractivity contribution is 7.09. The third kappa shape index (κ3) is 4.32. The van der Waals surface area contributed by atoms with Gasteiger partial charge in [-0.2, -0.15) is 13.2 Å². The van der Waals surface area contributed by atoms with Gasteiger partial charge < -0.3 is 14.7 Å². The van der Waals surface area contributed by atoms with E-state index in [2.05, 4.69) is 4.98 Å². The normalized spacial score (nSPS) is 20.1. The molecule has 1 fully saturated rings. The van der Waals surface area contributed by atoms with E-state index in [-0.39, 0.29) is 19.7 Å². The van der Waals surface area contributed by atoms with E-state index in [0.29, 0.717) is 22.1 Å². The average Bonchev–Trinajstić information content (AvgIpc) is 3.08. The smallest absolute Gasteiger partial charge is 0.374 e. The van der Waals surface area contributed by atoms with Crippen LogP contribution in [0.4, 0.5) is 13.2 Å². The van der Waals surface area contributed by atoms with Gasteiger partial charge >= 0.3 is 6.18 Å². The largest absolute Gasteiger partial charge is 0.424 e. The number of carbonyl (C=O) groups excluding carboxylic acids is 1. The van der Waals surface area contributed by atoms with Gasteiger partial charge in [0.05, 0.1) is 19.6 Å². The number of hydrogen-bond acceptors (Lipinski definition) is 5. The molecule has 2 atom stereocenters. The first kappa shape index (κ1) is 21.0. The highest BCUT2D eigenvalue weighted by atomic mass is 35.5. The molecule has 2 aromatic rings. The summed E-state index contributed by atoms with van der Waals surface area (Å²) in [7, 11) is 0. The van der Waals surface area contributed by atoms with Gasteiger partial charge in [0.15, 0.2) is 0 Å². The van der Waals surface area contributed by atoms with Crippen LogP contribution in [0.2, 0.25) is 5.02 Å². The molecular formula is C18H18ClF3N2O3S. The van der Waals surface area contributed by atoms with Crippen molar-refractivity contribution < 1.29 is 27.8 Å². The number of morpholine rings is 1. The van der Waals surface area contributed by atoms with Gasteiger partial charge in [-0.1, -0.05) is 23.7 Å². The molecule has 2 unspecified atom stereocenters. The van der Waals surface area contributed by atoms with Crippen molar-refractivity contribution in [2.75, 3.05) is 19.7 Å². The number of halogens is 4. The van der Waals surface area contributed by atoms with Crippen molar-refractivity contribution >= 4 is 28.8 Å². The molecule has 5 nitrogen and oxygen atoms in total. The van der Waals surface area contributed by atoms with Crippen LogP contribution >= 0.6 is 22.9 Å². The van der Waals surface area contributed by atoms with Crippen molar-refractivity contribution in [1.82, 2.24) is 9.88 Å². The summed E-state index contributed by atoms with van der Waals surface area (Å²) in [5.41, 5.74) is -2.20. The molecule has 1 aromatic carbocycles. The molecule has 10 heteroatoms. The highest BCUT2D eigenvalue weighted by Crippen LogP contribution is 2.43. The lowest BCUT2D eigenvalue weighted by Gasteiger charge is -2.36. The Bertz CT molecular complexity index is 843. The fourth-order valence-electron chi connectivity index (χ4n) is 2.93. The van der Waals surface area contributed by atoms with Crippen molar-refractivity contribution in [3.05, 3.63) is 50.9 Å². The second-order valence-corrected chi connectivity index (χ2v) is 7.87. The van der Waals surface area contributed by atoms with E-state index in [9.17, 15) is 23.1 Å². The van der Waals surface area contributed by atoms with E-state index < -0.39 is 35.2 Å². The maximum Gasteiger partial charge on any atom is 0.424 e. The number of thiazole rings is 1. The van der Waals surface area contributed by atoms with Crippen molar-refractivity contribution in [3.8, 4) is 0 Å². The van der Waals surface area contributed by atoms with Gasteiger partial charge in [0, 0.05) is 22.6 Å². The number of aryl methyl sites for hydroxylation is 1. The summed E-state index contributed by atoms with van der Waals surface area (Å²) in [5.74, 6) is -0.810. The second kappa shape index (κ2) is 7.98. The van der Waals surface area contributed by atoms with Crippen molar-refractivity contribution in [2.24, 2.45) is 0 Å². The van der Waals surface area contributed by atoms with Gasteiger partial charge in [0.1, 0.15) is 11.1 Å². The third-order valence-electron chi connectivity index (χ3n) is 4.51. The first-order valence-corrected chi connectivity index (χ1v) is 9.72. The van der Waals surface area contributed by atoms with E-state index >= 15 is 0 Å². The molecule has 1 saturated heterocycles. The second-order valence-electron chi connectivity index (χ2n) is 6.58. The number of aliphatic hydroxyl groups is 1. The molecule has 0 radical (unpaired) electrons. The summed E-state index contributed by atoms with van der Waals surface area (Å²) < 4.78 is 46.5. The summed E-state index contributed by atoms with van der Waals surface area (Å²) in [5, 5.41) is 11.8.